The third-order valence-electron chi connectivity index (χ3n) is 3.68. The molecule has 1 N–H and O–H groups in total. The predicted molar refractivity (Wildman–Crippen MR) is 70.1 cm³/mol. The van der Waals surface area contributed by atoms with Crippen molar-refractivity contribution in [3.63, 3.8) is 0 Å². The second kappa shape index (κ2) is 5.61. The minimum absolute atomic E-state index is 0.438. The van der Waals surface area contributed by atoms with E-state index in [1.54, 1.807) is 24.3 Å². The fourth-order valence-corrected chi connectivity index (χ4v) is 2.64. The second-order valence-corrected chi connectivity index (χ2v) is 5.28. The van der Waals surface area contributed by atoms with Crippen molar-refractivity contribution in [3.8, 4) is 5.75 Å². The Morgan fingerprint density at radius 3 is 2.44 bits per heavy atom. The standard InChI is InChI=1S/C14H17ClO3/c15-11-3-5-12(6-4-11)18-10-9-14(13(16)17)7-1-2-8-14/h3-6H,1-2,7-10H2,(H,16,17). The first kappa shape index (κ1) is 13.2. The summed E-state index contributed by atoms with van der Waals surface area (Å²) < 4.78 is 5.58. The summed E-state index contributed by atoms with van der Waals surface area (Å²) in [5.74, 6) is 0.0534. The Morgan fingerprint density at radius 2 is 1.89 bits per heavy atom. The van der Waals surface area contributed by atoms with Crippen molar-refractivity contribution in [1.29, 1.82) is 0 Å². The molecular formula is C14H17ClO3. The van der Waals surface area contributed by atoms with Crippen LogP contribution in [0.15, 0.2) is 24.3 Å². The van der Waals surface area contributed by atoms with E-state index in [-0.39, 0.29) is 0 Å². The van der Waals surface area contributed by atoms with E-state index >= 15 is 0 Å². The van der Waals surface area contributed by atoms with Crippen LogP contribution in [0.1, 0.15) is 32.1 Å². The van der Waals surface area contributed by atoms with Gasteiger partial charge in [0.1, 0.15) is 5.75 Å². The maximum Gasteiger partial charge on any atom is 0.309 e. The lowest BCUT2D eigenvalue weighted by Crippen LogP contribution is -2.29. The van der Waals surface area contributed by atoms with E-state index in [1.807, 2.05) is 0 Å². The van der Waals surface area contributed by atoms with Crippen LogP contribution in [0, 0.1) is 5.41 Å². The van der Waals surface area contributed by atoms with Gasteiger partial charge in [-0.2, -0.15) is 0 Å². The van der Waals surface area contributed by atoms with Crippen LogP contribution in [0.3, 0.4) is 0 Å². The first-order valence-electron chi connectivity index (χ1n) is 6.24. The highest BCUT2D eigenvalue weighted by Crippen LogP contribution is 2.41. The smallest absolute Gasteiger partial charge is 0.309 e. The summed E-state index contributed by atoms with van der Waals surface area (Å²) in [5.41, 5.74) is -0.563. The normalized spacial score (nSPS) is 17.6. The van der Waals surface area contributed by atoms with E-state index in [9.17, 15) is 9.90 Å². The summed E-state index contributed by atoms with van der Waals surface area (Å²) in [6.45, 7) is 0.438. The third kappa shape index (κ3) is 2.96. The van der Waals surface area contributed by atoms with Gasteiger partial charge >= 0.3 is 5.97 Å². The molecular weight excluding hydrogens is 252 g/mol. The Kier molecular flexibility index (Phi) is 4.12. The average Bonchev–Trinajstić information content (AvgIpc) is 2.82. The molecule has 4 heteroatoms. The molecule has 0 aromatic heterocycles. The largest absolute Gasteiger partial charge is 0.494 e. The van der Waals surface area contributed by atoms with Crippen molar-refractivity contribution >= 4 is 17.6 Å². The summed E-state index contributed by atoms with van der Waals surface area (Å²) in [4.78, 5) is 11.3. The Labute approximate surface area is 112 Å². The van der Waals surface area contributed by atoms with E-state index < -0.39 is 11.4 Å². The van der Waals surface area contributed by atoms with Gasteiger partial charge in [0.2, 0.25) is 0 Å². The van der Waals surface area contributed by atoms with Crippen molar-refractivity contribution in [1.82, 2.24) is 0 Å². The number of rotatable bonds is 5. The van der Waals surface area contributed by atoms with Gasteiger partial charge in [-0.15, -0.1) is 0 Å². The summed E-state index contributed by atoms with van der Waals surface area (Å²) in [6.07, 6.45) is 4.13. The lowest BCUT2D eigenvalue weighted by atomic mass is 9.83. The molecule has 2 rings (SSSR count). The molecule has 0 saturated heterocycles. The molecule has 0 amide bonds. The van der Waals surface area contributed by atoms with Gasteiger partial charge in [0.15, 0.2) is 0 Å². The molecule has 0 aliphatic heterocycles. The minimum Gasteiger partial charge on any atom is -0.494 e. The summed E-state index contributed by atoms with van der Waals surface area (Å²) >= 11 is 5.78. The van der Waals surface area contributed by atoms with Crippen LogP contribution in [-0.4, -0.2) is 17.7 Å². The van der Waals surface area contributed by atoms with Crippen LogP contribution >= 0.6 is 11.6 Å². The lowest BCUT2D eigenvalue weighted by molar-refractivity contribution is -0.149. The summed E-state index contributed by atoms with van der Waals surface area (Å²) in [6, 6.07) is 7.12. The first-order valence-corrected chi connectivity index (χ1v) is 6.62. The fraction of sp³-hybridized carbons (Fsp3) is 0.500. The van der Waals surface area contributed by atoms with Gasteiger partial charge in [0, 0.05) is 5.02 Å². The van der Waals surface area contributed by atoms with Crippen LogP contribution in [-0.2, 0) is 4.79 Å². The quantitative estimate of drug-likeness (QED) is 0.885. The van der Waals surface area contributed by atoms with Crippen molar-refractivity contribution in [2.45, 2.75) is 32.1 Å². The van der Waals surface area contributed by atoms with Crippen LogP contribution in [0.5, 0.6) is 5.75 Å². The van der Waals surface area contributed by atoms with Crippen molar-refractivity contribution in [3.05, 3.63) is 29.3 Å². The van der Waals surface area contributed by atoms with Gasteiger partial charge in [-0.05, 0) is 43.5 Å². The molecule has 1 aromatic carbocycles. The fourth-order valence-electron chi connectivity index (χ4n) is 2.52. The monoisotopic (exact) mass is 268 g/mol. The molecule has 0 radical (unpaired) electrons. The molecule has 1 aromatic rings. The average molecular weight is 269 g/mol. The Hall–Kier alpha value is -1.22. The first-order chi connectivity index (χ1) is 8.62. The summed E-state index contributed by atoms with van der Waals surface area (Å²) in [7, 11) is 0. The van der Waals surface area contributed by atoms with Crippen LogP contribution in [0.2, 0.25) is 5.02 Å². The van der Waals surface area contributed by atoms with Gasteiger partial charge in [-0.1, -0.05) is 24.4 Å². The topological polar surface area (TPSA) is 46.5 Å². The molecule has 18 heavy (non-hydrogen) atoms. The lowest BCUT2D eigenvalue weighted by Gasteiger charge is -2.23. The Morgan fingerprint density at radius 1 is 1.28 bits per heavy atom. The number of aliphatic carboxylic acids is 1. The van der Waals surface area contributed by atoms with Gasteiger partial charge in [0.25, 0.3) is 0 Å². The summed E-state index contributed by atoms with van der Waals surface area (Å²) in [5, 5.41) is 9.99. The third-order valence-corrected chi connectivity index (χ3v) is 3.93. The van der Waals surface area contributed by atoms with E-state index in [0.717, 1.165) is 31.4 Å². The molecule has 0 bridgehead atoms. The molecule has 3 nitrogen and oxygen atoms in total. The molecule has 0 atom stereocenters. The van der Waals surface area contributed by atoms with Gasteiger partial charge in [-0.3, -0.25) is 4.79 Å². The Bertz CT molecular complexity index is 408. The minimum atomic E-state index is -0.681. The van der Waals surface area contributed by atoms with Crippen molar-refractivity contribution in [2.75, 3.05) is 6.61 Å². The second-order valence-electron chi connectivity index (χ2n) is 4.84. The molecule has 1 fully saturated rings. The van der Waals surface area contributed by atoms with E-state index in [1.165, 1.54) is 0 Å². The SMILES string of the molecule is O=C(O)C1(CCOc2ccc(Cl)cc2)CCCC1. The highest BCUT2D eigenvalue weighted by atomic mass is 35.5. The number of hydrogen-bond donors (Lipinski definition) is 1. The van der Waals surface area contributed by atoms with Crippen molar-refractivity contribution in [2.24, 2.45) is 5.41 Å². The molecule has 1 saturated carbocycles. The predicted octanol–water partition coefficient (Wildman–Crippen LogP) is 3.75. The molecule has 98 valence electrons. The number of hydrogen-bond acceptors (Lipinski definition) is 2. The molecule has 1 aliphatic rings. The number of carboxylic acids is 1. The van der Waals surface area contributed by atoms with Crippen LogP contribution in [0.25, 0.3) is 0 Å². The zero-order chi connectivity index (χ0) is 13.0. The highest BCUT2D eigenvalue weighted by molar-refractivity contribution is 6.30. The van der Waals surface area contributed by atoms with Crippen molar-refractivity contribution < 1.29 is 14.6 Å². The van der Waals surface area contributed by atoms with Gasteiger partial charge in [0.05, 0.1) is 12.0 Å². The van der Waals surface area contributed by atoms with Gasteiger partial charge in [-0.25, -0.2) is 0 Å². The van der Waals surface area contributed by atoms with Crippen LogP contribution < -0.4 is 4.74 Å². The number of benzene rings is 1. The molecule has 0 spiro atoms. The van der Waals surface area contributed by atoms with Gasteiger partial charge < -0.3 is 9.84 Å². The zero-order valence-electron chi connectivity index (χ0n) is 10.2. The number of ether oxygens (including phenoxy) is 1. The molecule has 0 unspecified atom stereocenters. The number of carboxylic acid groups (broad SMARTS) is 1. The number of halogens is 1. The zero-order valence-corrected chi connectivity index (χ0v) is 10.9. The van der Waals surface area contributed by atoms with E-state index in [4.69, 9.17) is 16.3 Å². The number of carbonyl (C=O) groups is 1. The Balaban J connectivity index is 1.87. The molecule has 0 heterocycles. The van der Waals surface area contributed by atoms with Crippen LogP contribution in [0.4, 0.5) is 0 Å². The maximum atomic E-state index is 11.3. The van der Waals surface area contributed by atoms with E-state index in [0.29, 0.717) is 18.1 Å². The maximum absolute atomic E-state index is 11.3. The molecule has 1 aliphatic carbocycles. The highest BCUT2D eigenvalue weighted by Gasteiger charge is 2.40. The van der Waals surface area contributed by atoms with E-state index in [2.05, 4.69) is 0 Å².